The quantitative estimate of drug-likeness (QED) is 0.155. The van der Waals surface area contributed by atoms with E-state index in [9.17, 15) is 21.9 Å². The van der Waals surface area contributed by atoms with Crippen molar-refractivity contribution in [2.24, 2.45) is 17.8 Å². The Labute approximate surface area is 370 Å². The molecule has 0 aromatic heterocycles. The van der Waals surface area contributed by atoms with Crippen LogP contribution in [0.4, 0.5) is 9.57 Å². The van der Waals surface area contributed by atoms with Gasteiger partial charge in [0.1, 0.15) is 12.8 Å². The number of carbonyl (C=O) groups excluding carboxylic acids is 2. The summed E-state index contributed by atoms with van der Waals surface area (Å²) in [4.78, 5) is 33.4. The highest BCUT2D eigenvalue weighted by atomic mass is 127. The third-order valence-corrected chi connectivity index (χ3v) is 14.5. The predicted molar refractivity (Wildman–Crippen MR) is 247 cm³/mol. The van der Waals surface area contributed by atoms with Crippen LogP contribution in [0.5, 0.6) is 5.75 Å². The normalized spacial score (nSPS) is 30.6. The second-order valence-electron chi connectivity index (χ2n) is 15.7. The monoisotopic (exact) mass is 1070 g/mol. The lowest BCUT2D eigenvalue weighted by Crippen LogP contribution is -2.49. The van der Waals surface area contributed by atoms with E-state index in [4.69, 9.17) is 16.3 Å². The highest BCUT2D eigenvalue weighted by Crippen LogP contribution is 2.46. The van der Waals surface area contributed by atoms with Gasteiger partial charge in [-0.05, 0) is 140 Å². The molecule has 3 fully saturated rings. The molecule has 2 aromatic carbocycles. The number of hydrogen-bond donors (Lipinski definition) is 2. The number of alkyl halides is 1. The zero-order chi connectivity index (χ0) is 40.6. The first-order valence-electron chi connectivity index (χ1n) is 19.4. The lowest BCUT2D eigenvalue weighted by atomic mass is 9.68. The molecule has 9 nitrogen and oxygen atoms in total. The molecule has 1 spiro atoms. The van der Waals surface area contributed by atoms with Crippen LogP contribution < -0.4 is 19.7 Å². The van der Waals surface area contributed by atoms with Gasteiger partial charge in [0.25, 0.3) is 5.91 Å². The number of fused-ring (bicyclic) bond motifs is 5. The maximum Gasteiger partial charge on any atom is 0.264 e. The van der Waals surface area contributed by atoms with Crippen LogP contribution in [0.15, 0.2) is 48.6 Å². The number of anilines is 1. The fourth-order valence-electron chi connectivity index (χ4n) is 8.91. The van der Waals surface area contributed by atoms with Gasteiger partial charge in [-0.3, -0.25) is 14.5 Å². The van der Waals surface area contributed by atoms with Gasteiger partial charge in [0.15, 0.2) is 5.78 Å². The smallest absolute Gasteiger partial charge is 0.264 e. The first-order chi connectivity index (χ1) is 26.8. The van der Waals surface area contributed by atoms with Gasteiger partial charge in [0.2, 0.25) is 10.0 Å². The minimum Gasteiger partial charge on any atom is -0.490 e. The highest BCUT2D eigenvalue weighted by Gasteiger charge is 2.44. The number of carbonyl (C=O) groups is 2. The van der Waals surface area contributed by atoms with Crippen molar-refractivity contribution in [2.45, 2.75) is 81.9 Å². The van der Waals surface area contributed by atoms with Crippen LogP contribution in [-0.4, -0.2) is 87.1 Å². The van der Waals surface area contributed by atoms with Crippen molar-refractivity contribution in [3.8, 4) is 5.75 Å². The number of hydrogen-bond acceptors (Lipinski definition) is 9. The molecule has 16 heteroatoms. The molecular formula is C40H54ClFI2N4O5S3. The van der Waals surface area contributed by atoms with Crippen molar-refractivity contribution in [3.63, 3.8) is 0 Å². The van der Waals surface area contributed by atoms with Gasteiger partial charge in [-0.1, -0.05) is 53.3 Å². The molecule has 8 rings (SSSR count). The average molecular weight is 1080 g/mol. The number of ether oxygens (including phenoxy) is 1. The summed E-state index contributed by atoms with van der Waals surface area (Å²) in [6.45, 7) is 10.3. The minimum atomic E-state index is -3.93. The maximum atomic E-state index is 13.3. The van der Waals surface area contributed by atoms with Gasteiger partial charge in [0, 0.05) is 81.9 Å². The van der Waals surface area contributed by atoms with Crippen molar-refractivity contribution in [1.82, 2.24) is 14.9 Å². The highest BCUT2D eigenvalue weighted by molar-refractivity contribution is 14.2. The molecule has 0 radical (unpaired) electrons. The van der Waals surface area contributed by atoms with Crippen molar-refractivity contribution in [2.75, 3.05) is 55.7 Å². The molecule has 2 saturated heterocycles. The number of nitrogens with zero attached hydrogens (tertiary/aromatic N) is 2. The zero-order valence-corrected chi connectivity index (χ0v) is 39.8. The van der Waals surface area contributed by atoms with E-state index in [2.05, 4.69) is 65.8 Å². The number of rotatable bonds is 0. The minimum absolute atomic E-state index is 0.0666. The van der Waals surface area contributed by atoms with E-state index in [1.165, 1.54) is 71.4 Å². The summed E-state index contributed by atoms with van der Waals surface area (Å²) in [5.41, 5.74) is 3.22. The standard InChI is InChI=1S/C32H37ClN2O5S.C7H14N2.CH3I.FIS2/c1-20-5-3-7-29(36)26-11-8-24(26)17-35-18-32(14-4-6-22-15-25(33)10-12-27(22)32)19-40-30-13-9-23(16-28(30)35)31(37)34-41(38,39)21(20)2;1-2-7-6-8-3-5-9(7)4-1;1-2;1-4(2)3/h3,7,9-10,12-13,15-16,20-21,24,26H,4-6,8,11,14,17-19H2,1-2H3,(H,34,37);7-8H,1-6H2;1H3;/b7-3+;;;/t20-,21+,24-,26+,32?;;;/m0.../s1. The fourth-order valence-corrected chi connectivity index (χ4v) is 10.4. The molecule has 310 valence electrons. The van der Waals surface area contributed by atoms with Crippen LogP contribution in [0.3, 0.4) is 0 Å². The summed E-state index contributed by atoms with van der Waals surface area (Å²) in [5.74, 6) is -0.0319. The van der Waals surface area contributed by atoms with Crippen LogP contribution in [0.25, 0.3) is 0 Å². The molecule has 1 saturated carbocycles. The summed E-state index contributed by atoms with van der Waals surface area (Å²) in [6.07, 6.45) is 11.4. The molecule has 1 amide bonds. The van der Waals surface area contributed by atoms with Gasteiger partial charge in [-0.15, -0.1) is 0 Å². The van der Waals surface area contributed by atoms with Crippen LogP contribution in [0, 0.1) is 17.8 Å². The number of piperazine rings is 1. The van der Waals surface area contributed by atoms with Gasteiger partial charge in [-0.2, -0.15) is 3.89 Å². The van der Waals surface area contributed by atoms with Crippen LogP contribution >= 0.6 is 55.4 Å². The Morgan fingerprint density at radius 2 is 1.84 bits per heavy atom. The number of allylic oxidation sites excluding steroid dienone is 2. The number of sulfonamides is 1. The molecule has 2 aromatic rings. The maximum absolute atomic E-state index is 13.3. The number of aryl methyl sites for hydroxylation is 1. The first kappa shape index (κ1) is 46.1. The number of halogens is 4. The molecule has 3 unspecified atom stereocenters. The Balaban J connectivity index is 0.000000336. The van der Waals surface area contributed by atoms with E-state index in [1.54, 1.807) is 37.3 Å². The van der Waals surface area contributed by atoms with Gasteiger partial charge in [0.05, 0.1) is 17.5 Å². The second kappa shape index (κ2) is 21.0. The lowest BCUT2D eigenvalue weighted by Gasteiger charge is -2.44. The van der Waals surface area contributed by atoms with Crippen molar-refractivity contribution >= 4 is 101 Å². The van der Waals surface area contributed by atoms with Crippen LogP contribution in [0.2, 0.25) is 5.02 Å². The SMILES string of the molecule is C1CC2CNCCN2C1.CI.C[C@@H]1[C@@H](C)C/C=C/C(=O)[C@@H]2CC[C@H]2CN2CC3(CCCc4cc(Cl)ccc43)COc3ccc(cc32)C(=O)NS1(=O)=O.FS(=S)I. The summed E-state index contributed by atoms with van der Waals surface area (Å²) >= 11 is 14.0. The average Bonchev–Trinajstić information content (AvgIpc) is 3.58. The molecule has 2 bridgehead atoms. The molecule has 2 aliphatic carbocycles. The predicted octanol–water partition coefficient (Wildman–Crippen LogP) is 7.86. The Morgan fingerprint density at radius 1 is 1.07 bits per heavy atom. The van der Waals surface area contributed by atoms with E-state index in [0.717, 1.165) is 48.9 Å². The van der Waals surface area contributed by atoms with Crippen LogP contribution in [0.1, 0.15) is 80.3 Å². The van der Waals surface area contributed by atoms with E-state index in [0.29, 0.717) is 31.9 Å². The van der Waals surface area contributed by atoms with Gasteiger partial charge < -0.3 is 15.0 Å². The molecule has 4 aliphatic heterocycles. The zero-order valence-electron chi connectivity index (χ0n) is 32.3. The van der Waals surface area contributed by atoms with Crippen LogP contribution in [-0.2, 0) is 44.9 Å². The van der Waals surface area contributed by atoms with Crippen molar-refractivity contribution in [3.05, 3.63) is 70.3 Å². The lowest BCUT2D eigenvalue weighted by molar-refractivity contribution is -0.122. The fraction of sp³-hybridized carbons (Fsp3) is 0.600. The van der Waals surface area contributed by atoms with E-state index >= 15 is 0 Å². The molecule has 6 aliphatic rings. The number of nitrogens with one attached hydrogen (secondary N) is 2. The van der Waals surface area contributed by atoms with E-state index in [1.807, 2.05) is 17.9 Å². The molecular weight excluding hydrogens is 1020 g/mol. The Morgan fingerprint density at radius 3 is 2.55 bits per heavy atom. The molecule has 2 N–H and O–H groups in total. The number of benzene rings is 2. The van der Waals surface area contributed by atoms with Crippen molar-refractivity contribution in [1.29, 1.82) is 0 Å². The molecule has 7 atom stereocenters. The Kier molecular flexibility index (Phi) is 17.3. The second-order valence-corrected chi connectivity index (χ2v) is 23.5. The topological polar surface area (TPSA) is 108 Å². The summed E-state index contributed by atoms with van der Waals surface area (Å²) in [5, 5.41) is 3.33. The summed E-state index contributed by atoms with van der Waals surface area (Å²) in [7, 11) is -5.24. The third kappa shape index (κ3) is 11.4. The van der Waals surface area contributed by atoms with E-state index in [-0.39, 0.29) is 34.5 Å². The first-order valence-corrected chi connectivity index (χ1v) is 28.1. The summed E-state index contributed by atoms with van der Waals surface area (Å²) < 4.78 is 45.8. The molecule has 56 heavy (non-hydrogen) atoms. The summed E-state index contributed by atoms with van der Waals surface area (Å²) in [6, 6.07) is 12.2. The van der Waals surface area contributed by atoms with Crippen molar-refractivity contribution < 1.29 is 26.6 Å². The number of amides is 1. The third-order valence-electron chi connectivity index (χ3n) is 12.3. The largest absolute Gasteiger partial charge is 0.490 e. The Hall–Kier alpha value is -0.960. The Bertz CT molecular complexity index is 1860. The number of ketones is 1. The van der Waals surface area contributed by atoms with E-state index < -0.39 is 28.2 Å². The molecule has 4 heterocycles. The van der Waals surface area contributed by atoms with Gasteiger partial charge >= 0.3 is 0 Å². The van der Waals surface area contributed by atoms with Gasteiger partial charge in [-0.25, -0.2) is 13.1 Å².